The number of hydrogen-bond acceptors (Lipinski definition) is 3. The SMILES string of the molecule is COc1ccccc1CCC(=O)NC1CCCCC1CN1CCCCC1. The van der Waals surface area contributed by atoms with Gasteiger partial charge in [0.05, 0.1) is 7.11 Å². The zero-order valence-corrected chi connectivity index (χ0v) is 16.2. The molecule has 1 saturated carbocycles. The molecule has 4 nitrogen and oxygen atoms in total. The molecule has 2 fully saturated rings. The highest BCUT2D eigenvalue weighted by molar-refractivity contribution is 5.76. The zero-order valence-electron chi connectivity index (χ0n) is 16.2. The smallest absolute Gasteiger partial charge is 0.220 e. The lowest BCUT2D eigenvalue weighted by Gasteiger charge is -2.37. The van der Waals surface area contributed by atoms with Gasteiger partial charge in [0.25, 0.3) is 0 Å². The van der Waals surface area contributed by atoms with Crippen molar-refractivity contribution in [2.24, 2.45) is 5.92 Å². The predicted octanol–water partition coefficient (Wildman–Crippen LogP) is 3.79. The fraction of sp³-hybridized carbons (Fsp3) is 0.682. The van der Waals surface area contributed by atoms with E-state index in [2.05, 4.69) is 10.2 Å². The molecular weight excluding hydrogens is 324 g/mol. The number of ether oxygens (including phenoxy) is 1. The van der Waals surface area contributed by atoms with Crippen LogP contribution in [0.15, 0.2) is 24.3 Å². The summed E-state index contributed by atoms with van der Waals surface area (Å²) in [7, 11) is 1.69. The average molecular weight is 359 g/mol. The van der Waals surface area contributed by atoms with E-state index >= 15 is 0 Å². The van der Waals surface area contributed by atoms with E-state index in [-0.39, 0.29) is 5.91 Å². The highest BCUT2D eigenvalue weighted by Gasteiger charge is 2.28. The highest BCUT2D eigenvalue weighted by Crippen LogP contribution is 2.27. The number of aryl methyl sites for hydroxylation is 1. The Morgan fingerprint density at radius 1 is 1.12 bits per heavy atom. The number of rotatable bonds is 7. The fourth-order valence-electron chi connectivity index (χ4n) is 4.53. The lowest BCUT2D eigenvalue weighted by Crippen LogP contribution is -2.47. The molecule has 1 amide bonds. The quantitative estimate of drug-likeness (QED) is 0.806. The molecule has 144 valence electrons. The molecule has 0 bridgehead atoms. The molecule has 2 aliphatic rings. The molecule has 3 rings (SSSR count). The Morgan fingerprint density at radius 3 is 2.69 bits per heavy atom. The van der Waals surface area contributed by atoms with E-state index in [1.165, 1.54) is 51.6 Å². The number of piperidine rings is 1. The van der Waals surface area contributed by atoms with Crippen molar-refractivity contribution in [3.05, 3.63) is 29.8 Å². The van der Waals surface area contributed by atoms with Crippen LogP contribution >= 0.6 is 0 Å². The van der Waals surface area contributed by atoms with Gasteiger partial charge in [0.2, 0.25) is 5.91 Å². The summed E-state index contributed by atoms with van der Waals surface area (Å²) in [5.74, 6) is 1.68. The lowest BCUT2D eigenvalue weighted by atomic mass is 9.83. The number of nitrogens with zero attached hydrogens (tertiary/aromatic N) is 1. The van der Waals surface area contributed by atoms with Gasteiger partial charge in [0.1, 0.15) is 5.75 Å². The largest absolute Gasteiger partial charge is 0.496 e. The first-order valence-electron chi connectivity index (χ1n) is 10.4. The van der Waals surface area contributed by atoms with Crippen LogP contribution in [0.1, 0.15) is 56.9 Å². The molecule has 0 radical (unpaired) electrons. The fourth-order valence-corrected chi connectivity index (χ4v) is 4.53. The van der Waals surface area contributed by atoms with Crippen LogP contribution in [0, 0.1) is 5.92 Å². The van der Waals surface area contributed by atoms with Crippen LogP contribution in [-0.4, -0.2) is 43.6 Å². The number of amides is 1. The number of likely N-dealkylation sites (tertiary alicyclic amines) is 1. The summed E-state index contributed by atoms with van der Waals surface area (Å²) in [4.78, 5) is 15.2. The van der Waals surface area contributed by atoms with Gasteiger partial charge in [-0.3, -0.25) is 4.79 Å². The molecule has 2 atom stereocenters. The van der Waals surface area contributed by atoms with E-state index in [9.17, 15) is 4.79 Å². The topological polar surface area (TPSA) is 41.6 Å². The summed E-state index contributed by atoms with van der Waals surface area (Å²) >= 11 is 0. The van der Waals surface area contributed by atoms with Gasteiger partial charge in [0.15, 0.2) is 0 Å². The molecule has 2 unspecified atom stereocenters. The zero-order chi connectivity index (χ0) is 18.2. The van der Waals surface area contributed by atoms with Crippen molar-refractivity contribution in [3.8, 4) is 5.75 Å². The monoisotopic (exact) mass is 358 g/mol. The Labute approximate surface area is 158 Å². The maximum absolute atomic E-state index is 12.6. The van der Waals surface area contributed by atoms with Crippen LogP contribution < -0.4 is 10.1 Å². The third-order valence-electron chi connectivity index (χ3n) is 6.01. The number of para-hydroxylation sites is 1. The van der Waals surface area contributed by atoms with Crippen LogP contribution in [0.3, 0.4) is 0 Å². The van der Waals surface area contributed by atoms with Crippen molar-refractivity contribution >= 4 is 5.91 Å². The van der Waals surface area contributed by atoms with Gasteiger partial charge >= 0.3 is 0 Å². The Bertz CT molecular complexity index is 569. The third kappa shape index (κ3) is 5.47. The normalized spacial score (nSPS) is 24.2. The Hall–Kier alpha value is -1.55. The standard InChI is InChI=1S/C22H34N2O2/c1-26-21-12-6-4-9-18(21)13-14-22(25)23-20-11-5-3-10-19(20)17-24-15-7-2-8-16-24/h4,6,9,12,19-20H,2-3,5,7-8,10-11,13-17H2,1H3,(H,23,25). The van der Waals surface area contributed by atoms with Crippen molar-refractivity contribution in [1.29, 1.82) is 0 Å². The molecule has 26 heavy (non-hydrogen) atoms. The van der Waals surface area contributed by atoms with Crippen LogP contribution in [0.4, 0.5) is 0 Å². The molecule has 1 aromatic carbocycles. The number of hydrogen-bond donors (Lipinski definition) is 1. The summed E-state index contributed by atoms with van der Waals surface area (Å²) < 4.78 is 5.39. The molecule has 4 heteroatoms. The van der Waals surface area contributed by atoms with Gasteiger partial charge in [-0.1, -0.05) is 37.5 Å². The molecule has 1 aliphatic carbocycles. The van der Waals surface area contributed by atoms with Crippen molar-refractivity contribution in [2.75, 3.05) is 26.7 Å². The van der Waals surface area contributed by atoms with Crippen LogP contribution in [0.25, 0.3) is 0 Å². The molecule has 0 aromatic heterocycles. The number of nitrogens with one attached hydrogen (secondary N) is 1. The van der Waals surface area contributed by atoms with Crippen molar-refractivity contribution in [3.63, 3.8) is 0 Å². The van der Waals surface area contributed by atoms with Crippen molar-refractivity contribution in [1.82, 2.24) is 10.2 Å². The van der Waals surface area contributed by atoms with Gasteiger partial charge in [-0.15, -0.1) is 0 Å². The van der Waals surface area contributed by atoms with Gasteiger partial charge in [-0.05, 0) is 62.7 Å². The first-order chi connectivity index (χ1) is 12.8. The van der Waals surface area contributed by atoms with Crippen LogP contribution in [0.2, 0.25) is 0 Å². The molecule has 0 spiro atoms. The Kier molecular flexibility index (Phi) is 7.36. The summed E-state index contributed by atoms with van der Waals surface area (Å²) in [5, 5.41) is 3.36. The van der Waals surface area contributed by atoms with Crippen molar-refractivity contribution in [2.45, 2.75) is 63.8 Å². The van der Waals surface area contributed by atoms with E-state index in [0.29, 0.717) is 18.4 Å². The first-order valence-corrected chi connectivity index (χ1v) is 10.4. The summed E-state index contributed by atoms with van der Waals surface area (Å²) in [6, 6.07) is 8.34. The second-order valence-electron chi connectivity index (χ2n) is 7.89. The van der Waals surface area contributed by atoms with Crippen LogP contribution in [0.5, 0.6) is 5.75 Å². The number of methoxy groups -OCH3 is 1. The predicted molar refractivity (Wildman–Crippen MR) is 105 cm³/mol. The minimum atomic E-state index is 0.187. The minimum absolute atomic E-state index is 0.187. The molecule has 1 aliphatic heterocycles. The van der Waals surface area contributed by atoms with Gasteiger partial charge in [-0.2, -0.15) is 0 Å². The summed E-state index contributed by atoms with van der Waals surface area (Å²) in [5.41, 5.74) is 1.11. The second kappa shape index (κ2) is 9.96. The van der Waals surface area contributed by atoms with E-state index in [0.717, 1.165) is 30.7 Å². The lowest BCUT2D eigenvalue weighted by molar-refractivity contribution is -0.122. The van der Waals surface area contributed by atoms with Gasteiger partial charge in [-0.25, -0.2) is 0 Å². The van der Waals surface area contributed by atoms with Crippen LogP contribution in [-0.2, 0) is 11.2 Å². The number of carbonyl (C=O) groups excluding carboxylic acids is 1. The molecule has 1 aromatic rings. The maximum atomic E-state index is 12.6. The highest BCUT2D eigenvalue weighted by atomic mass is 16.5. The minimum Gasteiger partial charge on any atom is -0.496 e. The van der Waals surface area contributed by atoms with Gasteiger partial charge < -0.3 is 15.0 Å². The Balaban J connectivity index is 1.49. The molecule has 1 heterocycles. The first kappa shape index (κ1) is 19.2. The second-order valence-corrected chi connectivity index (χ2v) is 7.89. The maximum Gasteiger partial charge on any atom is 0.220 e. The number of benzene rings is 1. The van der Waals surface area contributed by atoms with E-state index < -0.39 is 0 Å². The Morgan fingerprint density at radius 2 is 1.88 bits per heavy atom. The molecule has 1 saturated heterocycles. The number of carbonyl (C=O) groups is 1. The van der Waals surface area contributed by atoms with E-state index in [1.807, 2.05) is 24.3 Å². The average Bonchev–Trinajstić information content (AvgIpc) is 2.69. The van der Waals surface area contributed by atoms with Crippen molar-refractivity contribution < 1.29 is 9.53 Å². The van der Waals surface area contributed by atoms with E-state index in [1.54, 1.807) is 7.11 Å². The molecular formula is C22H34N2O2. The third-order valence-corrected chi connectivity index (χ3v) is 6.01. The summed E-state index contributed by atoms with van der Waals surface area (Å²) in [6.45, 7) is 3.65. The summed E-state index contributed by atoms with van der Waals surface area (Å²) in [6.07, 6.45) is 10.3. The van der Waals surface area contributed by atoms with Gasteiger partial charge in [0, 0.05) is 19.0 Å². The van der Waals surface area contributed by atoms with E-state index in [4.69, 9.17) is 4.74 Å². The molecule has 1 N–H and O–H groups in total.